The van der Waals surface area contributed by atoms with Crippen molar-refractivity contribution in [2.75, 3.05) is 11.9 Å². The smallest absolute Gasteiger partial charge is 0.231 e. The van der Waals surface area contributed by atoms with Crippen LogP contribution in [-0.2, 0) is 4.79 Å². The Labute approximate surface area is 97.0 Å². The molecule has 3 heteroatoms. The fourth-order valence-corrected chi connectivity index (χ4v) is 1.44. The topological polar surface area (TPSA) is 55.1 Å². The molecule has 16 heavy (non-hydrogen) atoms. The summed E-state index contributed by atoms with van der Waals surface area (Å²) in [7, 11) is 0. The zero-order chi connectivity index (χ0) is 12.3. The number of nitrogens with one attached hydrogen (secondary N) is 1. The van der Waals surface area contributed by atoms with Crippen LogP contribution in [0, 0.1) is 19.3 Å². The standard InChI is InChI=1S/C13H20N2O/c1-9-5-10(2)7-11(6-9)15-12(16)13(3,4)8-14/h5-7H,8,14H2,1-4H3,(H,15,16). The molecule has 0 fully saturated rings. The van der Waals surface area contributed by atoms with E-state index in [2.05, 4.69) is 11.4 Å². The highest BCUT2D eigenvalue weighted by Crippen LogP contribution is 2.19. The van der Waals surface area contributed by atoms with Gasteiger partial charge in [0.25, 0.3) is 0 Å². The fourth-order valence-electron chi connectivity index (χ4n) is 1.44. The number of benzene rings is 1. The minimum Gasteiger partial charge on any atom is -0.329 e. The van der Waals surface area contributed by atoms with Gasteiger partial charge in [0, 0.05) is 12.2 Å². The van der Waals surface area contributed by atoms with E-state index in [1.807, 2.05) is 39.8 Å². The monoisotopic (exact) mass is 220 g/mol. The van der Waals surface area contributed by atoms with Gasteiger partial charge in [0.15, 0.2) is 0 Å². The summed E-state index contributed by atoms with van der Waals surface area (Å²) in [5.74, 6) is -0.0417. The Balaban J connectivity index is 2.85. The number of hydrogen-bond acceptors (Lipinski definition) is 2. The van der Waals surface area contributed by atoms with Crippen molar-refractivity contribution in [3.63, 3.8) is 0 Å². The first-order chi connectivity index (χ1) is 7.35. The Kier molecular flexibility index (Phi) is 3.70. The van der Waals surface area contributed by atoms with Crippen LogP contribution in [0.3, 0.4) is 0 Å². The van der Waals surface area contributed by atoms with E-state index < -0.39 is 5.41 Å². The van der Waals surface area contributed by atoms with Crippen LogP contribution >= 0.6 is 0 Å². The number of aryl methyl sites for hydroxylation is 2. The van der Waals surface area contributed by atoms with Crippen LogP contribution in [0.5, 0.6) is 0 Å². The minimum absolute atomic E-state index is 0.0417. The maximum Gasteiger partial charge on any atom is 0.231 e. The first kappa shape index (κ1) is 12.7. The van der Waals surface area contributed by atoms with E-state index >= 15 is 0 Å². The second-order valence-corrected chi connectivity index (χ2v) is 4.92. The summed E-state index contributed by atoms with van der Waals surface area (Å²) < 4.78 is 0. The lowest BCUT2D eigenvalue weighted by atomic mass is 9.92. The molecule has 1 aromatic rings. The highest BCUT2D eigenvalue weighted by Gasteiger charge is 2.25. The number of anilines is 1. The summed E-state index contributed by atoms with van der Waals surface area (Å²) in [5.41, 5.74) is 8.15. The SMILES string of the molecule is Cc1cc(C)cc(NC(=O)C(C)(C)CN)c1. The summed E-state index contributed by atoms with van der Waals surface area (Å²) >= 11 is 0. The largest absolute Gasteiger partial charge is 0.329 e. The molecule has 0 saturated carbocycles. The summed E-state index contributed by atoms with van der Waals surface area (Å²) in [5, 5.41) is 2.90. The Hall–Kier alpha value is -1.35. The van der Waals surface area contributed by atoms with Crippen molar-refractivity contribution in [3.8, 4) is 0 Å². The molecular formula is C13H20N2O. The average Bonchev–Trinajstić information content (AvgIpc) is 2.15. The van der Waals surface area contributed by atoms with Crippen LogP contribution in [0.1, 0.15) is 25.0 Å². The van der Waals surface area contributed by atoms with Crippen LogP contribution in [0.2, 0.25) is 0 Å². The summed E-state index contributed by atoms with van der Waals surface area (Å²) in [6, 6.07) is 5.98. The Morgan fingerprint density at radius 3 is 2.19 bits per heavy atom. The van der Waals surface area contributed by atoms with Crippen molar-refractivity contribution < 1.29 is 4.79 Å². The van der Waals surface area contributed by atoms with E-state index in [1.165, 1.54) is 0 Å². The lowest BCUT2D eigenvalue weighted by Gasteiger charge is -2.21. The zero-order valence-corrected chi connectivity index (χ0v) is 10.4. The first-order valence-corrected chi connectivity index (χ1v) is 5.45. The van der Waals surface area contributed by atoms with Crippen molar-refractivity contribution in [1.29, 1.82) is 0 Å². The average molecular weight is 220 g/mol. The number of carbonyl (C=O) groups excluding carboxylic acids is 1. The third-order valence-electron chi connectivity index (χ3n) is 2.60. The molecule has 3 N–H and O–H groups in total. The normalized spacial score (nSPS) is 11.3. The summed E-state index contributed by atoms with van der Waals surface area (Å²) in [6.07, 6.45) is 0. The third-order valence-corrected chi connectivity index (χ3v) is 2.60. The van der Waals surface area contributed by atoms with E-state index in [0.717, 1.165) is 16.8 Å². The molecule has 0 aliphatic rings. The van der Waals surface area contributed by atoms with Gasteiger partial charge in [0.05, 0.1) is 5.41 Å². The Morgan fingerprint density at radius 2 is 1.75 bits per heavy atom. The first-order valence-electron chi connectivity index (χ1n) is 5.45. The van der Waals surface area contributed by atoms with Gasteiger partial charge in [-0.15, -0.1) is 0 Å². The predicted octanol–water partition coefficient (Wildman–Crippen LogP) is 2.23. The Bertz CT molecular complexity index is 377. The van der Waals surface area contributed by atoms with E-state index in [-0.39, 0.29) is 5.91 Å². The minimum atomic E-state index is -0.530. The van der Waals surface area contributed by atoms with Gasteiger partial charge in [-0.1, -0.05) is 6.07 Å². The van der Waals surface area contributed by atoms with Gasteiger partial charge >= 0.3 is 0 Å². The molecule has 0 radical (unpaired) electrons. The fraction of sp³-hybridized carbons (Fsp3) is 0.462. The Morgan fingerprint density at radius 1 is 1.25 bits per heavy atom. The second-order valence-electron chi connectivity index (χ2n) is 4.92. The van der Waals surface area contributed by atoms with Gasteiger partial charge in [-0.25, -0.2) is 0 Å². The number of hydrogen-bond donors (Lipinski definition) is 2. The molecule has 0 aliphatic heterocycles. The van der Waals surface area contributed by atoms with Crippen LogP contribution < -0.4 is 11.1 Å². The molecule has 1 aromatic carbocycles. The molecule has 3 nitrogen and oxygen atoms in total. The lowest BCUT2D eigenvalue weighted by molar-refractivity contribution is -0.123. The molecule has 0 saturated heterocycles. The van der Waals surface area contributed by atoms with Crippen molar-refractivity contribution in [2.45, 2.75) is 27.7 Å². The molecule has 0 atom stereocenters. The van der Waals surface area contributed by atoms with E-state index in [1.54, 1.807) is 0 Å². The van der Waals surface area contributed by atoms with Gasteiger partial charge in [-0.3, -0.25) is 4.79 Å². The van der Waals surface area contributed by atoms with Gasteiger partial charge in [0.1, 0.15) is 0 Å². The van der Waals surface area contributed by atoms with E-state index in [0.29, 0.717) is 6.54 Å². The molecule has 0 heterocycles. The molecule has 0 bridgehead atoms. The zero-order valence-electron chi connectivity index (χ0n) is 10.4. The number of rotatable bonds is 3. The molecular weight excluding hydrogens is 200 g/mol. The van der Waals surface area contributed by atoms with Crippen LogP contribution in [0.25, 0.3) is 0 Å². The van der Waals surface area contributed by atoms with Gasteiger partial charge in [-0.05, 0) is 51.0 Å². The maximum atomic E-state index is 11.9. The predicted molar refractivity (Wildman–Crippen MR) is 67.4 cm³/mol. The molecule has 0 spiro atoms. The highest BCUT2D eigenvalue weighted by atomic mass is 16.2. The summed E-state index contributed by atoms with van der Waals surface area (Å²) in [4.78, 5) is 11.9. The molecule has 88 valence electrons. The number of amides is 1. The van der Waals surface area contributed by atoms with Gasteiger partial charge in [0.2, 0.25) is 5.91 Å². The lowest BCUT2D eigenvalue weighted by Crippen LogP contribution is -2.37. The second kappa shape index (κ2) is 4.66. The van der Waals surface area contributed by atoms with Gasteiger partial charge < -0.3 is 11.1 Å². The number of carbonyl (C=O) groups is 1. The van der Waals surface area contributed by atoms with Crippen molar-refractivity contribution >= 4 is 11.6 Å². The third kappa shape index (κ3) is 3.07. The van der Waals surface area contributed by atoms with Crippen molar-refractivity contribution in [1.82, 2.24) is 0 Å². The molecule has 0 aliphatic carbocycles. The molecule has 0 unspecified atom stereocenters. The maximum absolute atomic E-state index is 11.9. The van der Waals surface area contributed by atoms with Crippen molar-refractivity contribution in [2.24, 2.45) is 11.1 Å². The van der Waals surface area contributed by atoms with E-state index in [9.17, 15) is 4.79 Å². The van der Waals surface area contributed by atoms with Crippen LogP contribution in [0.4, 0.5) is 5.69 Å². The quantitative estimate of drug-likeness (QED) is 0.820. The van der Waals surface area contributed by atoms with Crippen LogP contribution in [-0.4, -0.2) is 12.5 Å². The molecule has 1 amide bonds. The summed E-state index contributed by atoms with van der Waals surface area (Å²) in [6.45, 7) is 8.03. The molecule has 1 rings (SSSR count). The highest BCUT2D eigenvalue weighted by molar-refractivity contribution is 5.95. The van der Waals surface area contributed by atoms with Crippen molar-refractivity contribution in [3.05, 3.63) is 29.3 Å². The van der Waals surface area contributed by atoms with E-state index in [4.69, 9.17) is 5.73 Å². The van der Waals surface area contributed by atoms with Gasteiger partial charge in [-0.2, -0.15) is 0 Å². The van der Waals surface area contributed by atoms with Crippen LogP contribution in [0.15, 0.2) is 18.2 Å². The molecule has 0 aromatic heterocycles. The number of nitrogens with two attached hydrogens (primary N) is 1.